The van der Waals surface area contributed by atoms with E-state index in [0.29, 0.717) is 12.8 Å². The highest BCUT2D eigenvalue weighted by Gasteiger charge is 2.50. The normalized spacial score (nSPS) is 46.5. The van der Waals surface area contributed by atoms with Gasteiger partial charge in [-0.15, -0.1) is 0 Å². The number of aliphatic hydroxyl groups excluding tert-OH is 5. The topological polar surface area (TPSA) is 140 Å². The molecule has 1 aliphatic carbocycles. The predicted molar refractivity (Wildman–Crippen MR) is 96.6 cm³/mol. The molecule has 0 aromatic heterocycles. The molecule has 158 valence electrons. The van der Waals surface area contributed by atoms with Gasteiger partial charge in [-0.3, -0.25) is 0 Å². The van der Waals surface area contributed by atoms with Crippen molar-refractivity contribution in [1.82, 2.24) is 0 Å². The van der Waals surface area contributed by atoms with Crippen LogP contribution in [0.1, 0.15) is 40.5 Å². The van der Waals surface area contributed by atoms with E-state index in [1.807, 2.05) is 20.8 Å². The minimum atomic E-state index is -1.50. The molecular weight excluding hydrogens is 356 g/mol. The van der Waals surface area contributed by atoms with Crippen molar-refractivity contribution in [3.63, 3.8) is 0 Å². The van der Waals surface area contributed by atoms with E-state index in [4.69, 9.17) is 9.47 Å². The summed E-state index contributed by atoms with van der Waals surface area (Å²) in [6, 6.07) is 0. The molecule has 9 atom stereocenters. The lowest BCUT2D eigenvalue weighted by molar-refractivity contribution is -0.306. The molecule has 0 amide bonds. The summed E-state index contributed by atoms with van der Waals surface area (Å²) in [7, 11) is 0. The van der Waals surface area contributed by atoms with Crippen molar-refractivity contribution in [3.8, 4) is 0 Å². The average Bonchev–Trinajstić information content (AvgIpc) is 2.58. The zero-order valence-electron chi connectivity index (χ0n) is 16.4. The van der Waals surface area contributed by atoms with Gasteiger partial charge in [0.25, 0.3) is 0 Å². The van der Waals surface area contributed by atoms with Crippen LogP contribution in [-0.2, 0) is 9.47 Å². The number of hydrogen-bond acceptors (Lipinski definition) is 8. The molecule has 0 bridgehead atoms. The minimum Gasteiger partial charge on any atom is -0.394 e. The van der Waals surface area contributed by atoms with Gasteiger partial charge in [0, 0.05) is 0 Å². The lowest BCUT2D eigenvalue weighted by Gasteiger charge is -2.50. The van der Waals surface area contributed by atoms with Gasteiger partial charge in [0.15, 0.2) is 6.29 Å². The van der Waals surface area contributed by atoms with Crippen molar-refractivity contribution in [2.75, 3.05) is 6.61 Å². The van der Waals surface area contributed by atoms with Gasteiger partial charge in [0.2, 0.25) is 0 Å². The van der Waals surface area contributed by atoms with Gasteiger partial charge in [0.1, 0.15) is 24.4 Å². The second kappa shape index (κ2) is 8.42. The highest BCUT2D eigenvalue weighted by atomic mass is 16.7. The minimum absolute atomic E-state index is 0.160. The third-order valence-corrected chi connectivity index (χ3v) is 6.03. The number of hydrogen-bond donors (Lipinski definition) is 6. The van der Waals surface area contributed by atoms with Gasteiger partial charge < -0.3 is 40.1 Å². The molecule has 8 nitrogen and oxygen atoms in total. The van der Waals surface area contributed by atoms with Gasteiger partial charge in [-0.05, 0) is 31.1 Å². The maximum Gasteiger partial charge on any atom is 0.187 e. The van der Waals surface area contributed by atoms with Crippen LogP contribution in [0.25, 0.3) is 0 Å². The molecule has 0 aromatic carbocycles. The van der Waals surface area contributed by atoms with E-state index in [9.17, 15) is 30.6 Å². The van der Waals surface area contributed by atoms with Crippen LogP contribution in [0.4, 0.5) is 0 Å². The van der Waals surface area contributed by atoms with E-state index in [1.165, 1.54) is 0 Å². The number of rotatable bonds is 5. The van der Waals surface area contributed by atoms with Gasteiger partial charge in [-0.1, -0.05) is 32.9 Å². The Morgan fingerprint density at radius 2 is 1.78 bits per heavy atom. The van der Waals surface area contributed by atoms with E-state index < -0.39 is 60.5 Å². The van der Waals surface area contributed by atoms with Crippen molar-refractivity contribution in [2.45, 2.75) is 89.1 Å². The quantitative estimate of drug-likeness (QED) is 0.339. The molecule has 27 heavy (non-hydrogen) atoms. The SMILES string of the molecule is C[C@H](/C=C/[C@]1(O)[C@H](C)C[C@@H](O)CC1(C)C)O[C@H]1O[C@@H](CO)[C@H](O)[C@@H](O)[C@@H]1O. The van der Waals surface area contributed by atoms with E-state index in [-0.39, 0.29) is 5.92 Å². The fourth-order valence-electron chi connectivity index (χ4n) is 4.20. The summed E-state index contributed by atoms with van der Waals surface area (Å²) < 4.78 is 10.9. The smallest absolute Gasteiger partial charge is 0.187 e. The van der Waals surface area contributed by atoms with Gasteiger partial charge in [-0.2, -0.15) is 0 Å². The molecule has 2 aliphatic rings. The number of aliphatic hydroxyl groups is 6. The molecule has 0 radical (unpaired) electrons. The summed E-state index contributed by atoms with van der Waals surface area (Å²) in [5.41, 5.74) is -1.68. The lowest BCUT2D eigenvalue weighted by Crippen LogP contribution is -2.59. The Hall–Kier alpha value is -0.580. The Labute approximate surface area is 160 Å². The maximum absolute atomic E-state index is 11.2. The van der Waals surface area contributed by atoms with Crippen LogP contribution in [0.3, 0.4) is 0 Å². The van der Waals surface area contributed by atoms with Crippen LogP contribution < -0.4 is 0 Å². The molecule has 1 saturated heterocycles. The fraction of sp³-hybridized carbons (Fsp3) is 0.895. The average molecular weight is 390 g/mol. The van der Waals surface area contributed by atoms with E-state index >= 15 is 0 Å². The zero-order chi connectivity index (χ0) is 20.6. The molecule has 0 spiro atoms. The Morgan fingerprint density at radius 3 is 2.33 bits per heavy atom. The summed E-state index contributed by atoms with van der Waals surface area (Å²) in [6.45, 7) is 6.86. The van der Waals surface area contributed by atoms with Crippen molar-refractivity contribution in [1.29, 1.82) is 0 Å². The molecule has 6 N–H and O–H groups in total. The monoisotopic (exact) mass is 390 g/mol. The molecule has 2 fully saturated rings. The van der Waals surface area contributed by atoms with Gasteiger partial charge in [0.05, 0.1) is 24.4 Å². The van der Waals surface area contributed by atoms with E-state index in [1.54, 1.807) is 19.1 Å². The number of ether oxygens (including phenoxy) is 2. The van der Waals surface area contributed by atoms with E-state index in [2.05, 4.69) is 0 Å². The fourth-order valence-corrected chi connectivity index (χ4v) is 4.20. The Balaban J connectivity index is 2.07. The van der Waals surface area contributed by atoms with Crippen LogP contribution in [0, 0.1) is 11.3 Å². The molecule has 0 aromatic rings. The second-order valence-corrected chi connectivity index (χ2v) is 8.60. The first kappa shape index (κ1) is 22.7. The summed E-state index contributed by atoms with van der Waals surface area (Å²) in [5, 5.41) is 60.1. The third kappa shape index (κ3) is 4.54. The highest BCUT2D eigenvalue weighted by Crippen LogP contribution is 2.48. The summed E-state index contributed by atoms with van der Waals surface area (Å²) in [5.74, 6) is -0.160. The Kier molecular flexibility index (Phi) is 7.08. The highest BCUT2D eigenvalue weighted by molar-refractivity contribution is 5.15. The first-order valence-corrected chi connectivity index (χ1v) is 9.48. The second-order valence-electron chi connectivity index (χ2n) is 8.60. The van der Waals surface area contributed by atoms with Crippen molar-refractivity contribution < 1.29 is 40.1 Å². The Morgan fingerprint density at radius 1 is 1.15 bits per heavy atom. The summed E-state index contributed by atoms with van der Waals surface area (Å²) >= 11 is 0. The van der Waals surface area contributed by atoms with Crippen LogP contribution in [0.2, 0.25) is 0 Å². The molecule has 1 saturated carbocycles. The van der Waals surface area contributed by atoms with Crippen LogP contribution >= 0.6 is 0 Å². The molecule has 8 heteroatoms. The molecule has 1 aliphatic heterocycles. The van der Waals surface area contributed by atoms with Crippen LogP contribution in [0.5, 0.6) is 0 Å². The van der Waals surface area contributed by atoms with E-state index in [0.717, 1.165) is 0 Å². The van der Waals surface area contributed by atoms with Crippen molar-refractivity contribution in [3.05, 3.63) is 12.2 Å². The maximum atomic E-state index is 11.2. The first-order valence-electron chi connectivity index (χ1n) is 9.48. The zero-order valence-corrected chi connectivity index (χ0v) is 16.4. The molecule has 1 heterocycles. The molecule has 2 rings (SSSR count). The van der Waals surface area contributed by atoms with Crippen LogP contribution in [0.15, 0.2) is 12.2 Å². The molecular formula is C19H34O8. The third-order valence-electron chi connectivity index (χ3n) is 6.03. The Bertz CT molecular complexity index is 522. The summed E-state index contributed by atoms with van der Waals surface area (Å²) in [6.07, 6.45) is -3.42. The van der Waals surface area contributed by atoms with Gasteiger partial charge in [-0.25, -0.2) is 0 Å². The standard InChI is InChI=1S/C19H34O8/c1-10-7-12(21)8-18(3,4)19(10,25)6-5-11(2)26-17-16(24)15(23)14(22)13(9-20)27-17/h5-6,10-17,20-25H,7-9H2,1-4H3/b6-5+/t10-,11-,12-,13+,14+,15-,16+,17+,19+/m1/s1. The largest absolute Gasteiger partial charge is 0.394 e. The first-order chi connectivity index (χ1) is 12.4. The van der Waals surface area contributed by atoms with Crippen molar-refractivity contribution in [2.24, 2.45) is 11.3 Å². The van der Waals surface area contributed by atoms with Crippen LogP contribution in [-0.4, -0.2) is 85.8 Å². The summed E-state index contributed by atoms with van der Waals surface area (Å²) in [4.78, 5) is 0. The van der Waals surface area contributed by atoms with Gasteiger partial charge >= 0.3 is 0 Å². The molecule has 0 unspecified atom stereocenters. The predicted octanol–water partition coefficient (Wildman–Crippen LogP) is -0.704. The van der Waals surface area contributed by atoms with Crippen molar-refractivity contribution >= 4 is 0 Å². The lowest BCUT2D eigenvalue weighted by atomic mass is 9.60.